The van der Waals surface area contributed by atoms with Crippen LogP contribution in [0.25, 0.3) is 0 Å². The molecule has 0 heterocycles. The Labute approximate surface area is 121 Å². The number of carbonyl (C=O) groups is 2. The lowest BCUT2D eigenvalue weighted by molar-refractivity contribution is -0.192. The number of hydrogen-bond acceptors (Lipinski definition) is 3. The van der Waals surface area contributed by atoms with Gasteiger partial charge in [-0.25, -0.2) is 4.79 Å². The molecule has 22 heavy (non-hydrogen) atoms. The van der Waals surface area contributed by atoms with Crippen molar-refractivity contribution < 1.29 is 40.7 Å². The number of alkyl halides is 6. The second-order valence-electron chi connectivity index (χ2n) is 4.68. The molecule has 0 bridgehead atoms. The summed E-state index contributed by atoms with van der Waals surface area (Å²) in [6.45, 7) is 5.65. The first-order valence-electron chi connectivity index (χ1n) is 5.95. The molecule has 0 aliphatic carbocycles. The Bertz CT molecular complexity index is 446. The number of esters is 1. The Hall–Kier alpha value is -1.81. The molecule has 0 saturated carbocycles. The van der Waals surface area contributed by atoms with Crippen molar-refractivity contribution in [3.63, 3.8) is 0 Å². The van der Waals surface area contributed by atoms with E-state index in [1.54, 1.807) is 0 Å². The Kier molecular flexibility index (Phi) is 6.39. The molecule has 5 nitrogen and oxygen atoms in total. The molecule has 0 N–H and O–H groups in total. The summed E-state index contributed by atoms with van der Waals surface area (Å²) in [4.78, 5) is 25.0. The highest BCUT2D eigenvalue weighted by Crippen LogP contribution is 2.21. The van der Waals surface area contributed by atoms with Gasteiger partial charge in [-0.3, -0.25) is 4.79 Å². The van der Waals surface area contributed by atoms with E-state index in [2.05, 4.69) is 9.73 Å². The Balaban J connectivity index is 5.73. The summed E-state index contributed by atoms with van der Waals surface area (Å²) >= 11 is 0. The highest BCUT2D eigenvalue weighted by Gasteiger charge is 2.45. The largest absolute Gasteiger partial charge is 0.491 e. The zero-order chi connectivity index (χ0) is 17.9. The third-order valence-corrected chi connectivity index (χ3v) is 2.19. The first-order chi connectivity index (χ1) is 9.67. The number of hydrogen-bond donors (Lipinski definition) is 0. The van der Waals surface area contributed by atoms with Crippen LogP contribution in [0.2, 0.25) is 0 Å². The van der Waals surface area contributed by atoms with E-state index in [1.165, 1.54) is 27.7 Å². The maximum atomic E-state index is 12.2. The highest BCUT2D eigenvalue weighted by molar-refractivity contribution is 5.98. The lowest BCUT2D eigenvalue weighted by Gasteiger charge is -2.32. The van der Waals surface area contributed by atoms with Gasteiger partial charge >= 0.3 is 30.3 Å². The average molecular weight is 336 g/mol. The predicted octanol–water partition coefficient (Wildman–Crippen LogP) is 2.66. The van der Waals surface area contributed by atoms with E-state index in [1.807, 2.05) is 0 Å². The van der Waals surface area contributed by atoms with Gasteiger partial charge in [0.05, 0.1) is 0 Å². The lowest BCUT2D eigenvalue weighted by Crippen LogP contribution is -2.46. The number of aliphatic imine (C=N–C) groups is 1. The van der Waals surface area contributed by atoms with Crippen LogP contribution >= 0.6 is 0 Å². The van der Waals surface area contributed by atoms with Gasteiger partial charge in [0.25, 0.3) is 0 Å². The minimum absolute atomic E-state index is 0.680. The van der Waals surface area contributed by atoms with Crippen LogP contribution in [0.1, 0.15) is 27.7 Å². The number of amides is 1. The average Bonchev–Trinajstić information content (AvgIpc) is 2.24. The molecular weight excluding hydrogens is 322 g/mol. The van der Waals surface area contributed by atoms with E-state index >= 15 is 0 Å². The zero-order valence-corrected chi connectivity index (χ0v) is 12.0. The number of rotatable bonds is 2. The molecule has 0 saturated heterocycles. The molecule has 0 aromatic rings. The van der Waals surface area contributed by atoms with Crippen molar-refractivity contribution in [2.24, 2.45) is 4.99 Å². The van der Waals surface area contributed by atoms with E-state index in [0.29, 0.717) is 0 Å². The summed E-state index contributed by atoms with van der Waals surface area (Å²) in [5.41, 5.74) is 0. The summed E-state index contributed by atoms with van der Waals surface area (Å²) in [5.74, 6) is -5.45. The first-order valence-corrected chi connectivity index (χ1v) is 5.95. The van der Waals surface area contributed by atoms with Crippen LogP contribution in [-0.4, -0.2) is 47.2 Å². The fraction of sp³-hybridized carbons (Fsp3) is 0.727. The molecule has 128 valence electrons. The predicted molar refractivity (Wildman–Crippen MR) is 62.8 cm³/mol. The number of ether oxygens (including phenoxy) is 1. The van der Waals surface area contributed by atoms with E-state index in [9.17, 15) is 35.9 Å². The van der Waals surface area contributed by atoms with Gasteiger partial charge < -0.3 is 9.64 Å². The summed E-state index contributed by atoms with van der Waals surface area (Å²) in [5, 5.41) is 0. The third kappa shape index (κ3) is 5.90. The van der Waals surface area contributed by atoms with Crippen LogP contribution in [0.5, 0.6) is 0 Å². The number of halogens is 6. The Morgan fingerprint density at radius 2 is 1.32 bits per heavy atom. The molecule has 11 heteroatoms. The maximum Gasteiger partial charge on any atom is 0.491 e. The first kappa shape index (κ1) is 20.2. The van der Waals surface area contributed by atoms with Crippen molar-refractivity contribution in [2.75, 3.05) is 0 Å². The van der Waals surface area contributed by atoms with Gasteiger partial charge in [-0.15, -0.1) is 0 Å². The van der Waals surface area contributed by atoms with Crippen LogP contribution in [0.3, 0.4) is 0 Å². The quantitative estimate of drug-likeness (QED) is 0.337. The smallest absolute Gasteiger partial charge is 0.385 e. The van der Waals surface area contributed by atoms with E-state index < -0.39 is 42.3 Å². The van der Waals surface area contributed by atoms with Crippen LogP contribution in [-0.2, 0) is 14.3 Å². The molecule has 0 atom stereocenters. The summed E-state index contributed by atoms with van der Waals surface area (Å²) < 4.78 is 77.1. The minimum atomic E-state index is -5.44. The van der Waals surface area contributed by atoms with Gasteiger partial charge in [-0.05, 0) is 27.7 Å². The second-order valence-corrected chi connectivity index (χ2v) is 4.68. The molecular formula is C11H14F6N2O3. The topological polar surface area (TPSA) is 59.0 Å². The van der Waals surface area contributed by atoms with Crippen LogP contribution in [0, 0.1) is 0 Å². The Morgan fingerprint density at radius 1 is 0.909 bits per heavy atom. The second kappa shape index (κ2) is 6.97. The molecule has 0 fully saturated rings. The van der Waals surface area contributed by atoms with Crippen molar-refractivity contribution >= 4 is 17.9 Å². The van der Waals surface area contributed by atoms with Crippen molar-refractivity contribution in [1.82, 2.24) is 4.90 Å². The Morgan fingerprint density at radius 3 is 1.59 bits per heavy atom. The summed E-state index contributed by atoms with van der Waals surface area (Å²) in [7, 11) is 0. The van der Waals surface area contributed by atoms with Gasteiger partial charge in [0.2, 0.25) is 0 Å². The highest BCUT2D eigenvalue weighted by atomic mass is 19.4. The molecule has 0 rings (SSSR count). The molecule has 1 amide bonds. The van der Waals surface area contributed by atoms with Gasteiger partial charge in [-0.1, -0.05) is 0 Å². The zero-order valence-electron chi connectivity index (χ0n) is 12.0. The molecule has 0 radical (unpaired) electrons. The molecule has 0 aromatic carbocycles. The number of carbonyl (C=O) groups excluding carboxylic acids is 2. The van der Waals surface area contributed by atoms with Crippen LogP contribution < -0.4 is 0 Å². The van der Waals surface area contributed by atoms with Gasteiger partial charge in [0.15, 0.2) is 0 Å². The van der Waals surface area contributed by atoms with E-state index in [-0.39, 0.29) is 0 Å². The monoisotopic (exact) mass is 336 g/mol. The van der Waals surface area contributed by atoms with Crippen molar-refractivity contribution in [3.8, 4) is 0 Å². The van der Waals surface area contributed by atoms with Gasteiger partial charge in [0, 0.05) is 12.1 Å². The van der Waals surface area contributed by atoms with Crippen LogP contribution in [0.15, 0.2) is 4.99 Å². The van der Waals surface area contributed by atoms with E-state index in [0.717, 1.165) is 4.90 Å². The normalized spacial score (nSPS) is 13.5. The van der Waals surface area contributed by atoms with Crippen LogP contribution in [0.4, 0.5) is 26.3 Å². The summed E-state index contributed by atoms with van der Waals surface area (Å²) in [6.07, 6.45) is -10.9. The SMILES string of the molecule is CC(C)N(C(=NC(=O)C(F)(F)F)OC(=O)C(F)(F)F)C(C)C. The van der Waals surface area contributed by atoms with Crippen molar-refractivity contribution in [3.05, 3.63) is 0 Å². The standard InChI is InChI=1S/C11H14F6N2O3/c1-5(2)19(6(3)4)9(18-7(20)10(12,13)14)22-8(21)11(15,16)17/h5-6H,1-4H3. The van der Waals surface area contributed by atoms with Gasteiger partial charge in [0.1, 0.15) is 0 Å². The molecule has 0 spiro atoms. The molecule has 0 unspecified atom stereocenters. The minimum Gasteiger partial charge on any atom is -0.385 e. The molecule has 0 aliphatic rings. The number of amidine groups is 1. The van der Waals surface area contributed by atoms with E-state index in [4.69, 9.17) is 0 Å². The maximum absolute atomic E-state index is 12.2. The van der Waals surface area contributed by atoms with Crippen molar-refractivity contribution in [2.45, 2.75) is 52.1 Å². The molecule has 0 aliphatic heterocycles. The fourth-order valence-corrected chi connectivity index (χ4v) is 1.46. The van der Waals surface area contributed by atoms with Gasteiger partial charge in [-0.2, -0.15) is 31.3 Å². The van der Waals surface area contributed by atoms with Crippen molar-refractivity contribution in [1.29, 1.82) is 0 Å². The molecule has 0 aromatic heterocycles. The summed E-state index contributed by atoms with van der Waals surface area (Å²) in [6, 6.07) is -2.71. The number of nitrogens with zero attached hydrogens (tertiary/aromatic N) is 2. The third-order valence-electron chi connectivity index (χ3n) is 2.19. The fourth-order valence-electron chi connectivity index (χ4n) is 1.46. The lowest BCUT2D eigenvalue weighted by atomic mass is 10.2.